The lowest BCUT2D eigenvalue weighted by molar-refractivity contribution is -0.173. The van der Waals surface area contributed by atoms with Crippen LogP contribution in [0.4, 0.5) is 13.2 Å². The summed E-state index contributed by atoms with van der Waals surface area (Å²) in [5.41, 5.74) is 0.0829. The number of guanidine groups is 1. The third kappa shape index (κ3) is 9.30. The second kappa shape index (κ2) is 10.2. The zero-order valence-corrected chi connectivity index (χ0v) is 15.7. The van der Waals surface area contributed by atoms with Crippen LogP contribution in [-0.4, -0.2) is 58.2 Å². The molecule has 1 saturated heterocycles. The first-order chi connectivity index (χ1) is 11.6. The maximum absolute atomic E-state index is 12.0. The minimum atomic E-state index is -4.27. The molecule has 1 aliphatic heterocycles. The minimum Gasteiger partial charge on any atom is -0.377 e. The third-order valence-corrected chi connectivity index (χ3v) is 4.08. The molecule has 0 bridgehead atoms. The molecule has 0 aromatic rings. The van der Waals surface area contributed by atoms with Crippen LogP contribution in [-0.2, 0) is 9.47 Å². The fourth-order valence-corrected chi connectivity index (χ4v) is 3.03. The summed E-state index contributed by atoms with van der Waals surface area (Å²) in [5.74, 6) is 1.05. The van der Waals surface area contributed by atoms with E-state index in [1.807, 2.05) is 0 Å². The van der Waals surface area contributed by atoms with E-state index in [2.05, 4.69) is 41.1 Å². The number of nitrogens with zero attached hydrogens (tertiary/aromatic N) is 1. The van der Waals surface area contributed by atoms with E-state index in [-0.39, 0.29) is 18.1 Å². The van der Waals surface area contributed by atoms with E-state index in [4.69, 9.17) is 4.74 Å². The number of ether oxygens (including phenoxy) is 2. The van der Waals surface area contributed by atoms with Crippen molar-refractivity contribution in [1.29, 1.82) is 0 Å². The Hall–Kier alpha value is -1.02. The van der Waals surface area contributed by atoms with E-state index in [0.29, 0.717) is 24.8 Å². The van der Waals surface area contributed by atoms with Gasteiger partial charge >= 0.3 is 6.18 Å². The van der Waals surface area contributed by atoms with Crippen LogP contribution in [0.3, 0.4) is 0 Å². The van der Waals surface area contributed by atoms with Crippen LogP contribution in [0.15, 0.2) is 4.99 Å². The van der Waals surface area contributed by atoms with Crippen LogP contribution < -0.4 is 10.6 Å². The Kier molecular flexibility index (Phi) is 8.99. The van der Waals surface area contributed by atoms with Crippen molar-refractivity contribution >= 4 is 5.96 Å². The third-order valence-electron chi connectivity index (χ3n) is 4.08. The molecule has 0 amide bonds. The Morgan fingerprint density at radius 2 is 1.96 bits per heavy atom. The maximum Gasteiger partial charge on any atom is 0.411 e. The molecular formula is C17H32F3N3O2. The van der Waals surface area contributed by atoms with E-state index < -0.39 is 12.8 Å². The highest BCUT2D eigenvalue weighted by atomic mass is 19.4. The van der Waals surface area contributed by atoms with Gasteiger partial charge in [0.2, 0.25) is 0 Å². The number of hydrogen-bond donors (Lipinski definition) is 2. The van der Waals surface area contributed by atoms with E-state index >= 15 is 0 Å². The summed E-state index contributed by atoms with van der Waals surface area (Å²) in [6.45, 7) is 7.48. The number of aliphatic imine (C=N–C) groups is 1. The fourth-order valence-electron chi connectivity index (χ4n) is 3.03. The van der Waals surface area contributed by atoms with Gasteiger partial charge in [-0.05, 0) is 24.7 Å². The van der Waals surface area contributed by atoms with Gasteiger partial charge in [-0.3, -0.25) is 4.99 Å². The summed E-state index contributed by atoms with van der Waals surface area (Å²) in [7, 11) is 1.67. The Morgan fingerprint density at radius 3 is 2.56 bits per heavy atom. The number of halogens is 3. The van der Waals surface area contributed by atoms with Gasteiger partial charge in [0, 0.05) is 39.3 Å². The topological polar surface area (TPSA) is 54.9 Å². The summed E-state index contributed by atoms with van der Waals surface area (Å²) < 4.78 is 46.4. The fraction of sp³-hybridized carbons (Fsp3) is 0.941. The predicted molar refractivity (Wildman–Crippen MR) is 92.8 cm³/mol. The van der Waals surface area contributed by atoms with Gasteiger partial charge in [0.1, 0.15) is 6.61 Å². The smallest absolute Gasteiger partial charge is 0.377 e. The molecule has 0 aliphatic carbocycles. The summed E-state index contributed by atoms with van der Waals surface area (Å²) in [6.07, 6.45) is -1.42. The van der Waals surface area contributed by atoms with Crippen molar-refractivity contribution in [1.82, 2.24) is 10.6 Å². The van der Waals surface area contributed by atoms with Gasteiger partial charge in [-0.2, -0.15) is 13.2 Å². The van der Waals surface area contributed by atoms with Crippen LogP contribution in [0.2, 0.25) is 0 Å². The molecule has 2 atom stereocenters. The molecular weight excluding hydrogens is 335 g/mol. The van der Waals surface area contributed by atoms with Crippen LogP contribution in [0, 0.1) is 11.3 Å². The first-order valence-electron chi connectivity index (χ1n) is 8.84. The van der Waals surface area contributed by atoms with E-state index in [9.17, 15) is 13.2 Å². The van der Waals surface area contributed by atoms with Crippen molar-refractivity contribution in [3.8, 4) is 0 Å². The quantitative estimate of drug-likeness (QED) is 0.413. The average molecular weight is 367 g/mol. The highest BCUT2D eigenvalue weighted by molar-refractivity contribution is 5.79. The molecule has 1 heterocycles. The van der Waals surface area contributed by atoms with E-state index in [0.717, 1.165) is 26.0 Å². The zero-order valence-electron chi connectivity index (χ0n) is 15.7. The highest BCUT2D eigenvalue weighted by Gasteiger charge is 2.35. The average Bonchev–Trinajstić information content (AvgIpc) is 2.52. The van der Waals surface area contributed by atoms with Crippen molar-refractivity contribution in [2.75, 3.05) is 40.0 Å². The molecule has 0 saturated carbocycles. The van der Waals surface area contributed by atoms with Gasteiger partial charge in [0.05, 0.1) is 6.10 Å². The Morgan fingerprint density at radius 1 is 1.24 bits per heavy atom. The van der Waals surface area contributed by atoms with Gasteiger partial charge in [-0.25, -0.2) is 0 Å². The molecule has 0 aromatic heterocycles. The largest absolute Gasteiger partial charge is 0.411 e. The van der Waals surface area contributed by atoms with Gasteiger partial charge in [0.15, 0.2) is 5.96 Å². The van der Waals surface area contributed by atoms with Crippen LogP contribution >= 0.6 is 0 Å². The van der Waals surface area contributed by atoms with Gasteiger partial charge in [-0.1, -0.05) is 20.8 Å². The second-order valence-electron chi connectivity index (χ2n) is 7.46. The molecule has 25 heavy (non-hydrogen) atoms. The van der Waals surface area contributed by atoms with Crippen molar-refractivity contribution in [3.05, 3.63) is 0 Å². The summed E-state index contributed by atoms with van der Waals surface area (Å²) in [6, 6.07) is 0. The lowest BCUT2D eigenvalue weighted by Crippen LogP contribution is -2.47. The lowest BCUT2D eigenvalue weighted by Gasteiger charge is -2.40. The Bertz CT molecular complexity index is 409. The summed E-state index contributed by atoms with van der Waals surface area (Å²) in [5, 5.41) is 6.39. The molecule has 0 spiro atoms. The molecule has 1 fully saturated rings. The van der Waals surface area contributed by atoms with E-state index in [1.54, 1.807) is 7.05 Å². The van der Waals surface area contributed by atoms with Gasteiger partial charge in [-0.15, -0.1) is 0 Å². The van der Waals surface area contributed by atoms with Gasteiger partial charge in [0.25, 0.3) is 0 Å². The van der Waals surface area contributed by atoms with Crippen molar-refractivity contribution < 1.29 is 22.6 Å². The van der Waals surface area contributed by atoms with Crippen LogP contribution in [0.1, 0.15) is 40.0 Å². The zero-order chi connectivity index (χ0) is 18.9. The number of hydrogen-bond acceptors (Lipinski definition) is 3. The highest BCUT2D eigenvalue weighted by Crippen LogP contribution is 2.33. The molecule has 1 rings (SSSR count). The first kappa shape index (κ1) is 22.0. The van der Waals surface area contributed by atoms with Gasteiger partial charge < -0.3 is 20.1 Å². The lowest BCUT2D eigenvalue weighted by atomic mass is 9.78. The molecule has 5 nitrogen and oxygen atoms in total. The predicted octanol–water partition coefficient (Wildman–Crippen LogP) is 2.96. The van der Waals surface area contributed by atoms with Crippen molar-refractivity contribution in [2.45, 2.75) is 52.3 Å². The monoisotopic (exact) mass is 367 g/mol. The minimum absolute atomic E-state index is 0.0616. The molecule has 2 N–H and O–H groups in total. The SMILES string of the molecule is CN=C(NCCCOCC(F)(F)F)NCC1CCCOC1C(C)(C)C. The molecule has 148 valence electrons. The summed E-state index contributed by atoms with van der Waals surface area (Å²) >= 11 is 0. The summed E-state index contributed by atoms with van der Waals surface area (Å²) in [4.78, 5) is 4.15. The first-order valence-corrected chi connectivity index (χ1v) is 8.84. The molecule has 8 heteroatoms. The molecule has 0 aromatic carbocycles. The van der Waals surface area contributed by atoms with Crippen molar-refractivity contribution in [2.24, 2.45) is 16.3 Å². The van der Waals surface area contributed by atoms with Crippen LogP contribution in [0.5, 0.6) is 0 Å². The second-order valence-corrected chi connectivity index (χ2v) is 7.46. The molecule has 0 radical (unpaired) electrons. The number of alkyl halides is 3. The maximum atomic E-state index is 12.0. The Balaban J connectivity index is 2.27. The normalized spacial score (nSPS) is 22.8. The van der Waals surface area contributed by atoms with Crippen molar-refractivity contribution in [3.63, 3.8) is 0 Å². The standard InChI is InChI=1S/C17H32F3N3O2/c1-16(2,3)14-13(7-5-10-25-14)11-23-15(21-4)22-8-6-9-24-12-17(18,19)20/h13-14H,5-12H2,1-4H3,(H2,21,22,23). The van der Waals surface area contributed by atoms with E-state index in [1.165, 1.54) is 0 Å². The van der Waals surface area contributed by atoms with Crippen LogP contribution in [0.25, 0.3) is 0 Å². The number of rotatable bonds is 7. The Labute approximate surface area is 148 Å². The molecule has 2 unspecified atom stereocenters. The number of nitrogens with one attached hydrogen (secondary N) is 2. The molecule has 1 aliphatic rings.